The van der Waals surface area contributed by atoms with Crippen molar-refractivity contribution in [3.05, 3.63) is 29.1 Å². The van der Waals surface area contributed by atoms with Gasteiger partial charge in [0.15, 0.2) is 6.29 Å². The molecule has 2 saturated heterocycles. The third kappa shape index (κ3) is 5.07. The molecule has 1 aromatic heterocycles. The number of hydrogen-bond acceptors (Lipinski definition) is 6. The first kappa shape index (κ1) is 23.8. The molecule has 32 heavy (non-hydrogen) atoms. The van der Waals surface area contributed by atoms with Crippen LogP contribution >= 0.6 is 0 Å². The van der Waals surface area contributed by atoms with Crippen LogP contribution in [-0.4, -0.2) is 56.4 Å². The van der Waals surface area contributed by atoms with E-state index in [4.69, 9.17) is 9.47 Å². The van der Waals surface area contributed by atoms with Gasteiger partial charge in [0, 0.05) is 42.7 Å². The molecule has 2 aliphatic heterocycles. The number of piperidine rings is 1. The van der Waals surface area contributed by atoms with Crippen LogP contribution in [0.4, 0.5) is 4.79 Å². The number of aromatic nitrogens is 1. The van der Waals surface area contributed by atoms with Gasteiger partial charge in [0.05, 0.1) is 18.3 Å². The summed E-state index contributed by atoms with van der Waals surface area (Å²) in [4.78, 5) is 17.6. The van der Waals surface area contributed by atoms with Crippen LogP contribution in [0.1, 0.15) is 75.7 Å². The molecule has 0 saturated carbocycles. The Labute approximate surface area is 193 Å². The molecule has 3 aliphatic rings. The molecule has 1 amide bonds. The lowest BCUT2D eigenvalue weighted by atomic mass is 9.73. The molecular weight excluding hydrogens is 430 g/mol. The van der Waals surface area contributed by atoms with E-state index in [0.29, 0.717) is 19.7 Å². The van der Waals surface area contributed by atoms with Crippen LogP contribution in [0.15, 0.2) is 12.3 Å². The number of amides is 1. The molecule has 1 aromatic rings. The predicted octanol–water partition coefficient (Wildman–Crippen LogP) is 3.53. The van der Waals surface area contributed by atoms with Crippen LogP contribution < -0.4 is 4.72 Å². The smallest absolute Gasteiger partial charge is 0.407 e. The van der Waals surface area contributed by atoms with Crippen LogP contribution in [0.2, 0.25) is 0 Å². The van der Waals surface area contributed by atoms with Crippen molar-refractivity contribution in [1.29, 1.82) is 0 Å². The Morgan fingerprint density at radius 2 is 2.16 bits per heavy atom. The van der Waals surface area contributed by atoms with Crippen LogP contribution in [0, 0.1) is 5.41 Å². The highest BCUT2D eigenvalue weighted by atomic mass is 32.2. The zero-order chi connectivity index (χ0) is 22.9. The number of nitrogens with one attached hydrogen (secondary N) is 1. The van der Waals surface area contributed by atoms with Crippen LogP contribution in [0.25, 0.3) is 0 Å². The first-order valence-corrected chi connectivity index (χ1v) is 12.7. The molecule has 0 aromatic carbocycles. The van der Waals surface area contributed by atoms with Crippen molar-refractivity contribution in [2.45, 2.75) is 83.0 Å². The minimum absolute atomic E-state index is 0.113. The number of likely N-dealkylation sites (tertiary alicyclic amines) is 1. The van der Waals surface area contributed by atoms with Crippen molar-refractivity contribution in [3.63, 3.8) is 0 Å². The topological polar surface area (TPSA) is 107 Å². The van der Waals surface area contributed by atoms with E-state index in [0.717, 1.165) is 56.4 Å². The Bertz CT molecular complexity index is 816. The number of carboxylic acid groups (broad SMARTS) is 1. The zero-order valence-electron chi connectivity index (χ0n) is 19.3. The minimum Gasteiger partial charge on any atom is -0.598 e. The summed E-state index contributed by atoms with van der Waals surface area (Å²) in [5.74, 6) is 0. The molecule has 0 radical (unpaired) electrons. The predicted molar refractivity (Wildman–Crippen MR) is 121 cm³/mol. The standard InChI is InChI=1S/C23H35N3O5S/c1-22(2,3)32(29)25-20-18-14-24-17(15-31-19-6-4-5-11-30-19)12-16(18)13-23(20)7-9-26(10-8-23)21(27)28/h12,14,19-20,25H,4-11,13,15H2,1-3H3,(H,27,28)/t19?,20-,32-/m1/s1. The highest BCUT2D eigenvalue weighted by Gasteiger charge is 2.51. The first-order valence-electron chi connectivity index (χ1n) is 11.5. The van der Waals surface area contributed by atoms with Crippen LogP contribution in [-0.2, 0) is 33.9 Å². The second kappa shape index (κ2) is 9.46. The Kier molecular flexibility index (Phi) is 7.03. The summed E-state index contributed by atoms with van der Waals surface area (Å²) in [6.07, 6.45) is 6.27. The van der Waals surface area contributed by atoms with E-state index in [-0.39, 0.29) is 17.7 Å². The van der Waals surface area contributed by atoms with Crippen LogP contribution in [0.5, 0.6) is 0 Å². The fourth-order valence-electron chi connectivity index (χ4n) is 4.96. The molecule has 1 unspecified atom stereocenters. The zero-order valence-corrected chi connectivity index (χ0v) is 20.1. The van der Waals surface area contributed by atoms with Crippen molar-refractivity contribution >= 4 is 17.5 Å². The summed E-state index contributed by atoms with van der Waals surface area (Å²) in [5.41, 5.74) is 2.97. The molecule has 4 rings (SSSR count). The van der Waals surface area contributed by atoms with Gasteiger partial charge in [-0.15, -0.1) is 4.72 Å². The Morgan fingerprint density at radius 1 is 1.41 bits per heavy atom. The number of fused-ring (bicyclic) bond motifs is 1. The number of pyridine rings is 1. The monoisotopic (exact) mass is 465 g/mol. The second-order valence-electron chi connectivity index (χ2n) is 10.2. The minimum atomic E-state index is -1.24. The van der Waals surface area contributed by atoms with Gasteiger partial charge in [-0.2, -0.15) is 0 Å². The Morgan fingerprint density at radius 3 is 2.78 bits per heavy atom. The number of ether oxygens (including phenoxy) is 2. The van der Waals surface area contributed by atoms with Crippen molar-refractivity contribution in [2.75, 3.05) is 19.7 Å². The van der Waals surface area contributed by atoms with Gasteiger partial charge in [-0.05, 0) is 76.5 Å². The maximum Gasteiger partial charge on any atom is 0.407 e. The molecule has 3 heterocycles. The lowest BCUT2D eigenvalue weighted by Crippen LogP contribution is -2.50. The largest absolute Gasteiger partial charge is 0.598 e. The molecule has 8 nitrogen and oxygen atoms in total. The number of hydrogen-bond donors (Lipinski definition) is 2. The summed E-state index contributed by atoms with van der Waals surface area (Å²) in [6.45, 7) is 8.01. The maximum atomic E-state index is 13.0. The number of nitrogens with zero attached hydrogens (tertiary/aromatic N) is 2. The highest BCUT2D eigenvalue weighted by Crippen LogP contribution is 2.52. The third-order valence-corrected chi connectivity index (χ3v) is 8.47. The van der Waals surface area contributed by atoms with Gasteiger partial charge in [-0.1, -0.05) is 0 Å². The van der Waals surface area contributed by atoms with Gasteiger partial charge >= 0.3 is 6.09 Å². The van der Waals surface area contributed by atoms with Crippen molar-refractivity contribution in [3.8, 4) is 0 Å². The molecule has 1 spiro atoms. The van der Waals surface area contributed by atoms with Gasteiger partial charge in [0.2, 0.25) is 0 Å². The van der Waals surface area contributed by atoms with E-state index in [2.05, 4.69) is 15.8 Å². The molecule has 1 aliphatic carbocycles. The second-order valence-corrected chi connectivity index (χ2v) is 12.2. The normalized spacial score (nSPS) is 26.2. The fraction of sp³-hybridized carbons (Fsp3) is 0.739. The highest BCUT2D eigenvalue weighted by molar-refractivity contribution is 7.90. The maximum absolute atomic E-state index is 13.0. The molecular formula is C23H35N3O5S. The molecule has 2 fully saturated rings. The molecule has 178 valence electrons. The van der Waals surface area contributed by atoms with Crippen molar-refractivity contribution < 1.29 is 23.9 Å². The van der Waals surface area contributed by atoms with Gasteiger partial charge in [0.1, 0.15) is 4.75 Å². The fourth-order valence-corrected chi connectivity index (χ4v) is 5.91. The lowest BCUT2D eigenvalue weighted by molar-refractivity contribution is -0.169. The van der Waals surface area contributed by atoms with Gasteiger partial charge in [0.25, 0.3) is 0 Å². The molecule has 2 N–H and O–H groups in total. The number of carbonyl (C=O) groups is 1. The molecule has 0 bridgehead atoms. The average molecular weight is 466 g/mol. The third-order valence-electron chi connectivity index (χ3n) is 6.91. The van der Waals surface area contributed by atoms with Gasteiger partial charge in [-0.25, -0.2) is 4.79 Å². The lowest BCUT2D eigenvalue weighted by Gasteiger charge is -2.43. The van der Waals surface area contributed by atoms with Crippen molar-refractivity contribution in [1.82, 2.24) is 14.6 Å². The number of rotatable bonds is 5. The van der Waals surface area contributed by atoms with Crippen molar-refractivity contribution in [2.24, 2.45) is 5.41 Å². The van der Waals surface area contributed by atoms with E-state index in [1.54, 1.807) is 0 Å². The summed E-state index contributed by atoms with van der Waals surface area (Å²) in [5, 5.41) is 9.39. The quantitative estimate of drug-likeness (QED) is 0.641. The van der Waals surface area contributed by atoms with E-state index < -0.39 is 22.2 Å². The van der Waals surface area contributed by atoms with Gasteiger partial charge in [-0.3, -0.25) is 4.98 Å². The SMILES string of the molecule is CC(C)(C)[S@@+]([O-])N[C@@H]1c2cnc(COC3CCCCO3)cc2CC12CCN(C(=O)O)CC2. The summed E-state index contributed by atoms with van der Waals surface area (Å²) < 4.78 is 27.6. The van der Waals surface area contributed by atoms with E-state index in [1.807, 2.05) is 27.0 Å². The van der Waals surface area contributed by atoms with E-state index in [1.165, 1.54) is 10.5 Å². The molecule has 3 atom stereocenters. The Hall–Kier alpha value is -1.39. The van der Waals surface area contributed by atoms with E-state index in [9.17, 15) is 14.5 Å². The van der Waals surface area contributed by atoms with Crippen LogP contribution in [0.3, 0.4) is 0 Å². The summed E-state index contributed by atoms with van der Waals surface area (Å²) >= 11 is -1.24. The van der Waals surface area contributed by atoms with E-state index >= 15 is 0 Å². The Balaban J connectivity index is 1.53. The summed E-state index contributed by atoms with van der Waals surface area (Å²) in [6, 6.07) is 1.99. The average Bonchev–Trinajstić information content (AvgIpc) is 3.04. The molecule has 9 heteroatoms. The first-order chi connectivity index (χ1) is 15.2. The van der Waals surface area contributed by atoms with Gasteiger partial charge < -0.3 is 24.0 Å². The summed E-state index contributed by atoms with van der Waals surface area (Å²) in [7, 11) is 0.